The Balaban J connectivity index is 2.62. The smallest absolute Gasteiger partial charge is 0.309 e. The van der Waals surface area contributed by atoms with Crippen molar-refractivity contribution < 1.29 is 28.4 Å². The van der Waals surface area contributed by atoms with Crippen LogP contribution in [0, 0.1) is 47.5 Å². The Kier molecular flexibility index (Phi) is 9.15. The molecule has 0 heterocycles. The van der Waals surface area contributed by atoms with Crippen molar-refractivity contribution in [1.29, 1.82) is 0 Å². The van der Waals surface area contributed by atoms with Crippen molar-refractivity contribution >= 4 is 24.2 Å². The zero-order valence-electron chi connectivity index (χ0n) is 21.4. The van der Waals surface area contributed by atoms with Crippen LogP contribution in [-0.2, 0) is 18.8 Å². The lowest BCUT2D eigenvalue weighted by molar-refractivity contribution is -0.148. The van der Waals surface area contributed by atoms with Crippen LogP contribution in [0.5, 0.6) is 0 Å². The molecule has 0 spiro atoms. The number of esters is 1. The first-order valence-electron chi connectivity index (χ1n) is 11.3. The minimum absolute atomic E-state index is 0.0399. The SMILES string of the molecule is COCCOC(=O)C(C)CP(=O)(C(=O)c1c(C)cc(C)cc1C)C(=O)c1c(C)cc(C)cc1C. The summed E-state index contributed by atoms with van der Waals surface area (Å²) in [6.07, 6.45) is -0.393. The Hall–Kier alpha value is -2.56. The number of methoxy groups -OCH3 is 1. The van der Waals surface area contributed by atoms with Gasteiger partial charge in [0.05, 0.1) is 12.5 Å². The Morgan fingerprint density at radius 2 is 1.15 bits per heavy atom. The van der Waals surface area contributed by atoms with Crippen LogP contribution in [0.25, 0.3) is 0 Å². The topological polar surface area (TPSA) is 86.7 Å². The maximum Gasteiger partial charge on any atom is 0.309 e. The summed E-state index contributed by atoms with van der Waals surface area (Å²) in [5.41, 5.74) is 3.71. The molecule has 0 bridgehead atoms. The molecule has 0 aliphatic carbocycles. The van der Waals surface area contributed by atoms with Crippen molar-refractivity contribution in [2.45, 2.75) is 48.5 Å². The fraction of sp³-hybridized carbons (Fsp3) is 0.444. The van der Waals surface area contributed by atoms with E-state index < -0.39 is 36.2 Å². The number of carbonyl (C=O) groups excluding carboxylic acids is 3. The first-order chi connectivity index (χ1) is 15.8. The molecule has 0 saturated heterocycles. The largest absolute Gasteiger partial charge is 0.463 e. The van der Waals surface area contributed by atoms with Crippen molar-refractivity contribution in [3.8, 4) is 0 Å². The number of carbonyl (C=O) groups is 3. The van der Waals surface area contributed by atoms with Gasteiger partial charge in [-0.3, -0.25) is 14.4 Å². The molecule has 1 unspecified atom stereocenters. The molecule has 7 heteroatoms. The monoisotopic (exact) mass is 486 g/mol. The van der Waals surface area contributed by atoms with E-state index in [-0.39, 0.29) is 24.3 Å². The average Bonchev–Trinajstić information content (AvgIpc) is 2.71. The van der Waals surface area contributed by atoms with E-state index in [2.05, 4.69) is 0 Å². The van der Waals surface area contributed by atoms with Gasteiger partial charge in [-0.05, 0) is 63.8 Å². The first-order valence-corrected chi connectivity index (χ1v) is 13.2. The molecule has 0 aliphatic heterocycles. The van der Waals surface area contributed by atoms with Crippen molar-refractivity contribution in [3.05, 3.63) is 68.8 Å². The Labute approximate surface area is 202 Å². The zero-order valence-corrected chi connectivity index (χ0v) is 22.3. The highest BCUT2D eigenvalue weighted by molar-refractivity contribution is 7.95. The molecule has 6 nitrogen and oxygen atoms in total. The third-order valence-electron chi connectivity index (χ3n) is 5.90. The van der Waals surface area contributed by atoms with E-state index in [9.17, 15) is 18.9 Å². The van der Waals surface area contributed by atoms with Crippen LogP contribution in [0.3, 0.4) is 0 Å². The third kappa shape index (κ3) is 5.92. The van der Waals surface area contributed by atoms with E-state index in [1.165, 1.54) is 14.0 Å². The maximum absolute atomic E-state index is 14.5. The van der Waals surface area contributed by atoms with Gasteiger partial charge in [0.2, 0.25) is 18.2 Å². The number of benzene rings is 2. The summed E-state index contributed by atoms with van der Waals surface area (Å²) in [5.74, 6) is -1.53. The second-order valence-electron chi connectivity index (χ2n) is 9.14. The van der Waals surface area contributed by atoms with E-state index in [1.807, 2.05) is 38.1 Å². The lowest BCUT2D eigenvalue weighted by Gasteiger charge is -2.23. The quantitative estimate of drug-likeness (QED) is 0.243. The summed E-state index contributed by atoms with van der Waals surface area (Å²) in [6, 6.07) is 7.33. The van der Waals surface area contributed by atoms with E-state index in [0.717, 1.165) is 11.1 Å². The molecule has 2 aromatic rings. The second kappa shape index (κ2) is 11.2. The number of ether oxygens (including phenoxy) is 2. The summed E-state index contributed by atoms with van der Waals surface area (Å²) < 4.78 is 24.6. The normalized spacial score (nSPS) is 12.4. The summed E-state index contributed by atoms with van der Waals surface area (Å²) in [7, 11) is -2.75. The molecular formula is C27H35O6P. The molecule has 0 radical (unpaired) electrons. The van der Waals surface area contributed by atoms with Gasteiger partial charge >= 0.3 is 5.97 Å². The Morgan fingerprint density at radius 1 is 0.765 bits per heavy atom. The van der Waals surface area contributed by atoms with Crippen LogP contribution in [-0.4, -0.2) is 43.5 Å². The van der Waals surface area contributed by atoms with E-state index >= 15 is 0 Å². The molecule has 0 fully saturated rings. The van der Waals surface area contributed by atoms with Crippen molar-refractivity contribution in [2.75, 3.05) is 26.5 Å². The van der Waals surface area contributed by atoms with Crippen LogP contribution in [0.1, 0.15) is 61.0 Å². The Bertz CT molecular complexity index is 1040. The van der Waals surface area contributed by atoms with Gasteiger partial charge in [0.25, 0.3) is 0 Å². The summed E-state index contributed by atoms with van der Waals surface area (Å²) in [6.45, 7) is 12.7. The van der Waals surface area contributed by atoms with Crippen molar-refractivity contribution in [2.24, 2.45) is 5.92 Å². The number of hydrogen-bond acceptors (Lipinski definition) is 6. The predicted molar refractivity (Wildman–Crippen MR) is 134 cm³/mol. The van der Waals surface area contributed by atoms with E-state index in [1.54, 1.807) is 27.7 Å². The van der Waals surface area contributed by atoms with Crippen LogP contribution >= 0.6 is 7.14 Å². The molecule has 2 rings (SSSR count). The van der Waals surface area contributed by atoms with Crippen LogP contribution in [0.15, 0.2) is 24.3 Å². The molecule has 0 aliphatic rings. The standard InChI is InChI=1S/C27H35O6P/c1-16-11-18(3)23(19(4)12-16)26(29)34(31,15-22(7)25(28)33-10-9-32-8)27(30)24-20(5)13-17(2)14-21(24)6/h11-14,22H,9-10,15H2,1-8H3. The molecule has 184 valence electrons. The van der Waals surface area contributed by atoms with Gasteiger partial charge in [-0.2, -0.15) is 0 Å². The summed E-state index contributed by atoms with van der Waals surface area (Å²) in [4.78, 5) is 40.3. The number of hydrogen-bond donors (Lipinski definition) is 0. The van der Waals surface area contributed by atoms with Gasteiger partial charge in [-0.1, -0.05) is 42.3 Å². The van der Waals surface area contributed by atoms with Gasteiger partial charge < -0.3 is 14.0 Å². The molecular weight excluding hydrogens is 451 g/mol. The van der Waals surface area contributed by atoms with Gasteiger partial charge in [-0.25, -0.2) is 0 Å². The molecule has 0 N–H and O–H groups in total. The molecule has 1 atom stereocenters. The number of aryl methyl sites for hydroxylation is 6. The van der Waals surface area contributed by atoms with Gasteiger partial charge in [0.15, 0.2) is 0 Å². The fourth-order valence-electron chi connectivity index (χ4n) is 4.48. The lowest BCUT2D eigenvalue weighted by atomic mass is 10.0. The minimum atomic E-state index is -4.24. The highest BCUT2D eigenvalue weighted by Gasteiger charge is 2.45. The van der Waals surface area contributed by atoms with Crippen molar-refractivity contribution in [3.63, 3.8) is 0 Å². The molecule has 0 saturated carbocycles. The van der Waals surface area contributed by atoms with Gasteiger partial charge in [0, 0.05) is 24.4 Å². The average molecular weight is 487 g/mol. The summed E-state index contributed by atoms with van der Waals surface area (Å²) in [5, 5.41) is 0. The fourth-order valence-corrected chi connectivity index (χ4v) is 7.35. The second-order valence-corrected chi connectivity index (χ2v) is 11.8. The highest BCUT2D eigenvalue weighted by Crippen LogP contribution is 2.55. The van der Waals surface area contributed by atoms with Crippen molar-refractivity contribution in [1.82, 2.24) is 0 Å². The lowest BCUT2D eigenvalue weighted by Crippen LogP contribution is -2.25. The van der Waals surface area contributed by atoms with Crippen LogP contribution in [0.4, 0.5) is 0 Å². The molecule has 34 heavy (non-hydrogen) atoms. The summed E-state index contributed by atoms with van der Waals surface area (Å²) >= 11 is 0. The van der Waals surface area contributed by atoms with E-state index in [4.69, 9.17) is 9.47 Å². The minimum Gasteiger partial charge on any atom is -0.463 e. The molecule has 0 amide bonds. The van der Waals surface area contributed by atoms with E-state index in [0.29, 0.717) is 22.3 Å². The first kappa shape index (κ1) is 27.7. The zero-order chi connectivity index (χ0) is 25.8. The van der Waals surface area contributed by atoms with Crippen LogP contribution in [0.2, 0.25) is 0 Å². The van der Waals surface area contributed by atoms with Gasteiger partial charge in [-0.15, -0.1) is 0 Å². The highest BCUT2D eigenvalue weighted by atomic mass is 31.2. The number of rotatable bonds is 10. The maximum atomic E-state index is 14.5. The third-order valence-corrected chi connectivity index (χ3v) is 8.72. The van der Waals surface area contributed by atoms with Gasteiger partial charge in [0.1, 0.15) is 6.61 Å². The predicted octanol–water partition coefficient (Wildman–Crippen LogP) is 5.71. The molecule has 2 aromatic carbocycles. The Morgan fingerprint density at radius 3 is 1.50 bits per heavy atom. The molecule has 0 aromatic heterocycles. The van der Waals surface area contributed by atoms with Crippen LogP contribution < -0.4 is 0 Å².